The van der Waals surface area contributed by atoms with E-state index in [-0.39, 0.29) is 24.4 Å². The van der Waals surface area contributed by atoms with Gasteiger partial charge in [0, 0.05) is 18.2 Å². The second kappa shape index (κ2) is 11.6. The average Bonchev–Trinajstić information content (AvgIpc) is 3.25. The van der Waals surface area contributed by atoms with Gasteiger partial charge in [-0.2, -0.15) is 0 Å². The van der Waals surface area contributed by atoms with Gasteiger partial charge in [-0.15, -0.1) is 0 Å². The van der Waals surface area contributed by atoms with Gasteiger partial charge >= 0.3 is 0 Å². The van der Waals surface area contributed by atoms with E-state index in [0.29, 0.717) is 17.7 Å². The van der Waals surface area contributed by atoms with E-state index in [1.54, 1.807) is 31.4 Å². The monoisotopic (exact) mass is 546 g/mol. The molecule has 1 unspecified atom stereocenters. The minimum atomic E-state index is -0.240. The normalized spacial score (nSPS) is 16.0. The lowest BCUT2D eigenvalue weighted by atomic mass is 9.94. The number of fused-ring (bicyclic) bond motifs is 2. The number of carbonyl (C=O) groups excluding carboxylic acids is 2. The van der Waals surface area contributed by atoms with Crippen molar-refractivity contribution >= 4 is 11.8 Å². The molecule has 4 aromatic carbocycles. The van der Waals surface area contributed by atoms with Crippen molar-refractivity contribution in [2.24, 2.45) is 0 Å². The number of nitrogens with zero attached hydrogens (tertiary/aromatic N) is 2. The number of ether oxygens (including phenoxy) is 2. The van der Waals surface area contributed by atoms with Crippen LogP contribution in [0.1, 0.15) is 50.8 Å². The fraction of sp³-hybridized carbons (Fsp3) is 0.257. The largest absolute Gasteiger partial charge is 0.496 e. The molecule has 1 atom stereocenters. The number of methoxy groups -OCH3 is 1. The summed E-state index contributed by atoms with van der Waals surface area (Å²) in [4.78, 5) is 30.1. The molecule has 0 N–H and O–H groups in total. The smallest absolute Gasteiger partial charge is 0.261 e. The minimum absolute atomic E-state index is 0.209. The van der Waals surface area contributed by atoms with Gasteiger partial charge in [-0.25, -0.2) is 0 Å². The van der Waals surface area contributed by atoms with Crippen LogP contribution in [0.3, 0.4) is 0 Å². The Morgan fingerprint density at radius 3 is 2.07 bits per heavy atom. The highest BCUT2D eigenvalue weighted by Crippen LogP contribution is 2.36. The number of benzene rings is 4. The molecule has 2 amide bonds. The first-order chi connectivity index (χ1) is 20.1. The van der Waals surface area contributed by atoms with Crippen LogP contribution in [0.5, 0.6) is 11.5 Å². The second-order valence-electron chi connectivity index (χ2n) is 10.6. The fourth-order valence-corrected chi connectivity index (χ4v) is 6.08. The van der Waals surface area contributed by atoms with Crippen molar-refractivity contribution in [3.63, 3.8) is 0 Å². The molecule has 6 heteroatoms. The van der Waals surface area contributed by atoms with Gasteiger partial charge in [0.1, 0.15) is 18.1 Å². The van der Waals surface area contributed by atoms with E-state index in [0.717, 1.165) is 59.7 Å². The highest BCUT2D eigenvalue weighted by atomic mass is 16.5. The summed E-state index contributed by atoms with van der Waals surface area (Å²) in [5.74, 6) is 1.29. The summed E-state index contributed by atoms with van der Waals surface area (Å²) >= 11 is 0. The van der Waals surface area contributed by atoms with Crippen LogP contribution in [0.15, 0.2) is 91.0 Å². The van der Waals surface area contributed by atoms with Crippen molar-refractivity contribution in [1.82, 2.24) is 9.80 Å². The molecule has 0 fully saturated rings. The molecular weight excluding hydrogens is 512 g/mol. The number of carbonyl (C=O) groups is 2. The Hall–Kier alpha value is -4.42. The van der Waals surface area contributed by atoms with Crippen LogP contribution in [-0.4, -0.2) is 47.9 Å². The summed E-state index contributed by atoms with van der Waals surface area (Å²) in [6.07, 6.45) is 1.88. The van der Waals surface area contributed by atoms with Crippen molar-refractivity contribution < 1.29 is 19.1 Å². The van der Waals surface area contributed by atoms with E-state index in [9.17, 15) is 9.59 Å². The van der Waals surface area contributed by atoms with E-state index < -0.39 is 0 Å². The molecule has 2 aliphatic rings. The Labute approximate surface area is 241 Å². The summed E-state index contributed by atoms with van der Waals surface area (Å²) in [6, 6.07) is 29.7. The molecule has 0 saturated carbocycles. The average molecular weight is 547 g/mol. The van der Waals surface area contributed by atoms with Crippen molar-refractivity contribution in [2.75, 3.05) is 20.3 Å². The first-order valence-corrected chi connectivity index (χ1v) is 14.2. The van der Waals surface area contributed by atoms with Crippen LogP contribution in [0.4, 0.5) is 0 Å². The Morgan fingerprint density at radius 2 is 1.41 bits per heavy atom. The molecule has 208 valence electrons. The lowest BCUT2D eigenvalue weighted by Gasteiger charge is -2.36. The molecule has 6 nitrogen and oxygen atoms in total. The lowest BCUT2D eigenvalue weighted by Crippen LogP contribution is -2.43. The Bertz CT molecular complexity index is 1550. The third-order valence-electron chi connectivity index (χ3n) is 8.11. The molecule has 6 rings (SSSR count). The van der Waals surface area contributed by atoms with Gasteiger partial charge in [0.15, 0.2) is 0 Å². The summed E-state index contributed by atoms with van der Waals surface area (Å²) in [5, 5.41) is 0. The molecule has 0 radical (unpaired) electrons. The van der Waals surface area contributed by atoms with E-state index in [1.165, 1.54) is 10.5 Å². The van der Waals surface area contributed by atoms with Crippen LogP contribution in [-0.2, 0) is 19.5 Å². The summed E-state index contributed by atoms with van der Waals surface area (Å²) in [6.45, 7) is 4.74. The van der Waals surface area contributed by atoms with Crippen molar-refractivity contribution in [1.29, 1.82) is 0 Å². The molecule has 2 heterocycles. The highest BCUT2D eigenvalue weighted by Gasteiger charge is 2.35. The van der Waals surface area contributed by atoms with Gasteiger partial charge in [0.05, 0.1) is 24.8 Å². The van der Waals surface area contributed by atoms with Crippen LogP contribution in [0.25, 0.3) is 11.1 Å². The van der Waals surface area contributed by atoms with E-state index >= 15 is 0 Å². The molecule has 0 bridgehead atoms. The van der Waals surface area contributed by atoms with Gasteiger partial charge in [-0.1, -0.05) is 73.7 Å². The van der Waals surface area contributed by atoms with Gasteiger partial charge in [-0.05, 0) is 65.9 Å². The maximum atomic E-state index is 13.1. The predicted molar refractivity (Wildman–Crippen MR) is 159 cm³/mol. The van der Waals surface area contributed by atoms with Gasteiger partial charge in [0.25, 0.3) is 11.8 Å². The summed E-state index contributed by atoms with van der Waals surface area (Å²) in [5.41, 5.74) is 6.33. The van der Waals surface area contributed by atoms with Gasteiger partial charge < -0.3 is 9.47 Å². The predicted octanol–water partition coefficient (Wildman–Crippen LogP) is 6.37. The second-order valence-corrected chi connectivity index (χ2v) is 10.6. The summed E-state index contributed by atoms with van der Waals surface area (Å²) in [7, 11) is 1.71. The number of hydrogen-bond donors (Lipinski definition) is 0. The topological polar surface area (TPSA) is 59.1 Å². The Morgan fingerprint density at radius 1 is 0.805 bits per heavy atom. The molecule has 0 aliphatic carbocycles. The van der Waals surface area contributed by atoms with E-state index in [4.69, 9.17) is 9.47 Å². The van der Waals surface area contributed by atoms with Crippen LogP contribution >= 0.6 is 0 Å². The number of rotatable bonds is 9. The van der Waals surface area contributed by atoms with Gasteiger partial charge in [0.2, 0.25) is 0 Å². The van der Waals surface area contributed by atoms with Crippen molar-refractivity contribution in [3.8, 4) is 22.6 Å². The van der Waals surface area contributed by atoms with Gasteiger partial charge in [-0.3, -0.25) is 19.4 Å². The van der Waals surface area contributed by atoms with E-state index in [1.807, 2.05) is 42.5 Å². The zero-order valence-electron chi connectivity index (χ0n) is 23.5. The maximum Gasteiger partial charge on any atom is 0.261 e. The first kappa shape index (κ1) is 26.8. The molecule has 2 aliphatic heterocycles. The highest BCUT2D eigenvalue weighted by molar-refractivity contribution is 6.21. The minimum Gasteiger partial charge on any atom is -0.496 e. The van der Waals surface area contributed by atoms with Crippen molar-refractivity contribution in [2.45, 2.75) is 38.9 Å². The molecule has 0 aromatic heterocycles. The van der Waals surface area contributed by atoms with Crippen LogP contribution < -0.4 is 9.47 Å². The molecule has 41 heavy (non-hydrogen) atoms. The summed E-state index contributed by atoms with van der Waals surface area (Å²) < 4.78 is 11.9. The Balaban J connectivity index is 1.29. The Kier molecular flexibility index (Phi) is 7.57. The lowest BCUT2D eigenvalue weighted by molar-refractivity contribution is 0.0642. The number of amides is 2. The molecular formula is C35H34N2O4. The quantitative estimate of drug-likeness (QED) is 0.228. The fourth-order valence-electron chi connectivity index (χ4n) is 6.08. The standard InChI is InChI=1S/C35H34N2O4/c1-3-19-36(26-20-31-32(40-2)17-10-18-33(31)41-23-26)21-24-11-4-6-13-27(24)28-14-7-5-12-25(28)22-37-34(38)29-15-8-9-16-30(29)35(37)39/h4-18,26H,3,19-23H2,1-2H3. The third kappa shape index (κ3) is 5.11. The zero-order valence-corrected chi connectivity index (χ0v) is 23.5. The van der Waals surface area contributed by atoms with Crippen LogP contribution in [0, 0.1) is 0 Å². The first-order valence-electron chi connectivity index (χ1n) is 14.2. The third-order valence-corrected chi connectivity index (χ3v) is 8.11. The maximum absolute atomic E-state index is 13.1. The van der Waals surface area contributed by atoms with E-state index in [2.05, 4.69) is 36.1 Å². The number of hydrogen-bond acceptors (Lipinski definition) is 5. The SMILES string of the molecule is CCCN(Cc1ccccc1-c1ccccc1CN1C(=O)c2ccccc2C1=O)C1COc2cccc(OC)c2C1. The molecule has 0 spiro atoms. The van der Waals surface area contributed by atoms with Crippen molar-refractivity contribution in [3.05, 3.63) is 119 Å². The molecule has 4 aromatic rings. The number of imide groups is 1. The zero-order chi connectivity index (χ0) is 28.3. The molecule has 0 saturated heterocycles. The van der Waals surface area contributed by atoms with Crippen LogP contribution in [0.2, 0.25) is 0 Å².